The van der Waals surface area contributed by atoms with Crippen LogP contribution in [0.3, 0.4) is 0 Å². The maximum Gasteiger partial charge on any atom is 0.573 e. The molecule has 33 heavy (non-hydrogen) atoms. The van der Waals surface area contributed by atoms with Gasteiger partial charge in [0.2, 0.25) is 0 Å². The van der Waals surface area contributed by atoms with Gasteiger partial charge in [0, 0.05) is 29.6 Å². The lowest BCUT2D eigenvalue weighted by molar-refractivity contribution is -0.274. The first-order chi connectivity index (χ1) is 15.6. The first-order valence-electron chi connectivity index (χ1n) is 10.3. The van der Waals surface area contributed by atoms with Crippen LogP contribution in [-0.2, 0) is 9.59 Å². The standard InChI is InChI=1S/C23H21F3N2O5/c24-23(25,26)33-14-7-5-13(6-8-14)20(30)28-17-4-2-1-3-15(17)19(16-9-10-18(16)28)22(27,11-12-29)21(31)32/h1-8,12,16,18-19H,9-11,27H2,(H,31,32)/t16-,18+,19?,22?/m0/s1. The first kappa shape index (κ1) is 22.8. The van der Waals surface area contributed by atoms with Crippen molar-refractivity contribution in [3.8, 4) is 5.75 Å². The number of aldehydes is 1. The fourth-order valence-corrected chi connectivity index (χ4v) is 4.94. The van der Waals surface area contributed by atoms with E-state index in [1.165, 1.54) is 12.1 Å². The molecule has 2 aromatic rings. The molecule has 2 aliphatic rings. The third-order valence-electron chi connectivity index (χ3n) is 6.51. The second-order valence-electron chi connectivity index (χ2n) is 8.31. The number of carboxylic acids is 1. The van der Waals surface area contributed by atoms with Crippen molar-refractivity contribution < 1.29 is 37.4 Å². The van der Waals surface area contributed by atoms with E-state index in [-0.39, 0.29) is 23.9 Å². The van der Waals surface area contributed by atoms with E-state index in [0.29, 0.717) is 30.4 Å². The quantitative estimate of drug-likeness (QED) is 0.636. The summed E-state index contributed by atoms with van der Waals surface area (Å²) in [6, 6.07) is 11.1. The number of aliphatic carboxylic acids is 1. The highest BCUT2D eigenvalue weighted by Crippen LogP contribution is 2.55. The van der Waals surface area contributed by atoms with E-state index < -0.39 is 35.4 Å². The molecule has 4 atom stereocenters. The third-order valence-corrected chi connectivity index (χ3v) is 6.51. The minimum Gasteiger partial charge on any atom is -0.480 e. The molecule has 0 radical (unpaired) electrons. The van der Waals surface area contributed by atoms with Crippen molar-refractivity contribution in [3.05, 3.63) is 59.7 Å². The maximum atomic E-state index is 13.4. The smallest absolute Gasteiger partial charge is 0.480 e. The van der Waals surface area contributed by atoms with Crippen molar-refractivity contribution in [3.63, 3.8) is 0 Å². The fourth-order valence-electron chi connectivity index (χ4n) is 4.94. The molecule has 0 saturated heterocycles. The molecule has 1 amide bonds. The van der Waals surface area contributed by atoms with Crippen molar-refractivity contribution in [2.45, 2.75) is 43.1 Å². The number of rotatable bonds is 6. The average Bonchev–Trinajstić information content (AvgIpc) is 2.73. The third kappa shape index (κ3) is 3.95. The topological polar surface area (TPSA) is 110 Å². The lowest BCUT2D eigenvalue weighted by Crippen LogP contribution is -2.64. The fraction of sp³-hybridized carbons (Fsp3) is 0.348. The SMILES string of the molecule is NC(CC=O)(C(=O)O)C1c2ccccc2N(C(=O)c2ccc(OC(F)(F)F)cc2)[C@@H]2CC[C@H]12. The number of nitrogens with zero attached hydrogens (tertiary/aromatic N) is 1. The predicted octanol–water partition coefficient (Wildman–Crippen LogP) is 3.48. The second-order valence-corrected chi connectivity index (χ2v) is 8.31. The summed E-state index contributed by atoms with van der Waals surface area (Å²) in [4.78, 5) is 38.4. The molecule has 0 bridgehead atoms. The normalized spacial score (nSPS) is 23.4. The van der Waals surface area contributed by atoms with Crippen LogP contribution >= 0.6 is 0 Å². The van der Waals surface area contributed by atoms with Gasteiger partial charge in [-0.25, -0.2) is 0 Å². The zero-order chi connectivity index (χ0) is 24.0. The number of nitrogens with two attached hydrogens (primary N) is 1. The van der Waals surface area contributed by atoms with E-state index in [4.69, 9.17) is 5.73 Å². The number of anilines is 1. The van der Waals surface area contributed by atoms with Crippen LogP contribution in [-0.4, -0.2) is 41.2 Å². The number of carbonyl (C=O) groups excluding carboxylic acids is 2. The van der Waals surface area contributed by atoms with Crippen LogP contribution in [0.25, 0.3) is 0 Å². The molecule has 1 heterocycles. The summed E-state index contributed by atoms with van der Waals surface area (Å²) in [5.41, 5.74) is 5.65. The number of carboxylic acid groups (broad SMARTS) is 1. The van der Waals surface area contributed by atoms with Crippen LogP contribution in [0.1, 0.15) is 41.1 Å². The highest BCUT2D eigenvalue weighted by Gasteiger charge is 2.57. The van der Waals surface area contributed by atoms with Crippen molar-refractivity contribution in [2.75, 3.05) is 4.90 Å². The molecule has 4 rings (SSSR count). The van der Waals surface area contributed by atoms with E-state index in [0.717, 1.165) is 12.1 Å². The van der Waals surface area contributed by atoms with Gasteiger partial charge in [0.25, 0.3) is 5.91 Å². The molecule has 7 nitrogen and oxygen atoms in total. The Balaban J connectivity index is 1.73. The molecule has 1 aliphatic carbocycles. The molecular weight excluding hydrogens is 441 g/mol. The number of fused-ring (bicyclic) bond motifs is 2. The Morgan fingerprint density at radius 3 is 2.33 bits per heavy atom. The molecule has 10 heteroatoms. The van der Waals surface area contributed by atoms with Crippen LogP contribution in [0.5, 0.6) is 5.75 Å². The van der Waals surface area contributed by atoms with Crippen molar-refractivity contribution in [2.24, 2.45) is 11.7 Å². The monoisotopic (exact) mass is 462 g/mol. The van der Waals surface area contributed by atoms with Gasteiger partial charge < -0.3 is 25.3 Å². The van der Waals surface area contributed by atoms with Crippen LogP contribution in [0.2, 0.25) is 0 Å². The largest absolute Gasteiger partial charge is 0.573 e. The zero-order valence-electron chi connectivity index (χ0n) is 17.3. The van der Waals surface area contributed by atoms with Gasteiger partial charge in [-0.1, -0.05) is 18.2 Å². The zero-order valence-corrected chi connectivity index (χ0v) is 17.3. The minimum absolute atomic E-state index is 0.161. The number of halogens is 3. The number of carbonyl (C=O) groups is 3. The molecule has 174 valence electrons. The molecule has 2 aromatic carbocycles. The van der Waals surface area contributed by atoms with Gasteiger partial charge in [-0.15, -0.1) is 13.2 Å². The number of alkyl halides is 3. The van der Waals surface area contributed by atoms with Gasteiger partial charge in [0.15, 0.2) is 0 Å². The Labute approximate surface area is 186 Å². The molecule has 3 N–H and O–H groups in total. The number of amides is 1. The maximum absolute atomic E-state index is 13.4. The lowest BCUT2D eigenvalue weighted by atomic mass is 9.58. The molecule has 0 spiro atoms. The summed E-state index contributed by atoms with van der Waals surface area (Å²) >= 11 is 0. The van der Waals surface area contributed by atoms with Gasteiger partial charge >= 0.3 is 12.3 Å². The van der Waals surface area contributed by atoms with E-state index in [1.54, 1.807) is 29.2 Å². The van der Waals surface area contributed by atoms with E-state index in [1.807, 2.05) is 0 Å². The van der Waals surface area contributed by atoms with Crippen LogP contribution < -0.4 is 15.4 Å². The van der Waals surface area contributed by atoms with Crippen LogP contribution in [0.4, 0.5) is 18.9 Å². The van der Waals surface area contributed by atoms with Crippen molar-refractivity contribution >= 4 is 23.9 Å². The second kappa shape index (κ2) is 8.18. The summed E-state index contributed by atoms with van der Waals surface area (Å²) in [6.07, 6.45) is -3.50. The first-order valence-corrected chi connectivity index (χ1v) is 10.3. The Hall–Kier alpha value is -3.40. The molecule has 1 aliphatic heterocycles. The summed E-state index contributed by atoms with van der Waals surface area (Å²) in [5, 5.41) is 9.87. The number of hydrogen-bond donors (Lipinski definition) is 2. The van der Waals surface area contributed by atoms with Gasteiger partial charge in [-0.2, -0.15) is 0 Å². The Kier molecular flexibility index (Phi) is 5.65. The van der Waals surface area contributed by atoms with E-state index in [2.05, 4.69) is 4.74 Å². The number of para-hydroxylation sites is 1. The van der Waals surface area contributed by atoms with Gasteiger partial charge in [-0.3, -0.25) is 9.59 Å². The number of hydrogen-bond acceptors (Lipinski definition) is 5. The predicted molar refractivity (Wildman–Crippen MR) is 111 cm³/mol. The van der Waals surface area contributed by atoms with E-state index in [9.17, 15) is 32.7 Å². The van der Waals surface area contributed by atoms with Crippen molar-refractivity contribution in [1.29, 1.82) is 0 Å². The molecule has 1 saturated carbocycles. The van der Waals surface area contributed by atoms with Crippen LogP contribution in [0, 0.1) is 5.92 Å². The van der Waals surface area contributed by atoms with Gasteiger partial charge in [0.05, 0.1) is 0 Å². The molecule has 1 fully saturated rings. The van der Waals surface area contributed by atoms with Gasteiger partial charge in [-0.05, 0) is 54.7 Å². The molecule has 0 aromatic heterocycles. The summed E-state index contributed by atoms with van der Waals surface area (Å²) in [7, 11) is 0. The van der Waals surface area contributed by atoms with Crippen molar-refractivity contribution in [1.82, 2.24) is 0 Å². The van der Waals surface area contributed by atoms with E-state index >= 15 is 0 Å². The Morgan fingerprint density at radius 1 is 1.12 bits per heavy atom. The minimum atomic E-state index is -4.84. The van der Waals surface area contributed by atoms with Crippen LogP contribution in [0.15, 0.2) is 48.5 Å². The summed E-state index contributed by atoms with van der Waals surface area (Å²) < 4.78 is 41.2. The lowest BCUT2D eigenvalue weighted by Gasteiger charge is -2.55. The summed E-state index contributed by atoms with van der Waals surface area (Å²) in [6.45, 7) is 0. The summed E-state index contributed by atoms with van der Waals surface area (Å²) in [5.74, 6) is -3.12. The average molecular weight is 462 g/mol. The Bertz CT molecular complexity index is 1090. The number of benzene rings is 2. The highest BCUT2D eigenvalue weighted by atomic mass is 19.4. The highest BCUT2D eigenvalue weighted by molar-refractivity contribution is 6.07. The number of ether oxygens (including phenoxy) is 1. The molecule has 2 unspecified atom stereocenters. The molecular formula is C23H21F3N2O5. The van der Waals surface area contributed by atoms with Gasteiger partial charge in [0.1, 0.15) is 17.6 Å². The Morgan fingerprint density at radius 2 is 1.79 bits per heavy atom.